The Hall–Kier alpha value is -2.22. The van der Waals surface area contributed by atoms with Crippen molar-refractivity contribution in [2.45, 2.75) is 38.6 Å². The molecule has 0 unspecified atom stereocenters. The zero-order valence-corrected chi connectivity index (χ0v) is 13.7. The largest absolute Gasteiger partial charge is 0.502 e. The molecule has 1 saturated carbocycles. The van der Waals surface area contributed by atoms with E-state index in [0.29, 0.717) is 22.6 Å². The van der Waals surface area contributed by atoms with Gasteiger partial charge in [0.15, 0.2) is 10.9 Å². The second-order valence-electron chi connectivity index (χ2n) is 5.72. The molecule has 1 aliphatic carbocycles. The number of nitrogens with zero attached hydrogens (tertiary/aromatic N) is 2. The van der Waals surface area contributed by atoms with E-state index in [9.17, 15) is 15.2 Å². The van der Waals surface area contributed by atoms with Crippen LogP contribution in [-0.2, 0) is 0 Å². The van der Waals surface area contributed by atoms with Gasteiger partial charge in [-0.05, 0) is 43.1 Å². The van der Waals surface area contributed by atoms with Gasteiger partial charge in [0.2, 0.25) is 0 Å². The molecule has 0 aliphatic heterocycles. The van der Waals surface area contributed by atoms with Crippen LogP contribution in [-0.4, -0.2) is 27.4 Å². The summed E-state index contributed by atoms with van der Waals surface area (Å²) in [6, 6.07) is 4.40. The SMILES string of the molecule is C[C@H]1CCCC[C@H]1NC(=S)N/N=C\c1ccc(O)c([N+](=O)[O-])c1. The van der Waals surface area contributed by atoms with Gasteiger partial charge < -0.3 is 10.4 Å². The molecule has 3 N–H and O–H groups in total. The van der Waals surface area contributed by atoms with Crippen molar-refractivity contribution >= 4 is 29.2 Å². The van der Waals surface area contributed by atoms with Crippen molar-refractivity contribution in [3.05, 3.63) is 33.9 Å². The lowest BCUT2D eigenvalue weighted by Gasteiger charge is -2.30. The normalized spacial score (nSPS) is 21.1. The van der Waals surface area contributed by atoms with Gasteiger partial charge >= 0.3 is 5.69 Å². The summed E-state index contributed by atoms with van der Waals surface area (Å²) in [6.07, 6.45) is 6.17. The van der Waals surface area contributed by atoms with Crippen molar-refractivity contribution in [2.75, 3.05) is 0 Å². The molecule has 23 heavy (non-hydrogen) atoms. The fourth-order valence-electron chi connectivity index (χ4n) is 2.66. The van der Waals surface area contributed by atoms with Crippen molar-refractivity contribution in [1.29, 1.82) is 0 Å². The monoisotopic (exact) mass is 336 g/mol. The van der Waals surface area contributed by atoms with E-state index in [4.69, 9.17) is 12.2 Å². The Kier molecular flexibility index (Phi) is 5.86. The topological polar surface area (TPSA) is 99.8 Å². The molecular weight excluding hydrogens is 316 g/mol. The molecule has 2 rings (SSSR count). The number of hydrogen-bond donors (Lipinski definition) is 3. The van der Waals surface area contributed by atoms with Gasteiger partial charge in [-0.3, -0.25) is 15.5 Å². The first-order valence-corrected chi connectivity index (χ1v) is 7.95. The average Bonchev–Trinajstić information content (AvgIpc) is 2.51. The first kappa shape index (κ1) is 17.1. The van der Waals surface area contributed by atoms with Crippen molar-refractivity contribution in [1.82, 2.24) is 10.7 Å². The lowest BCUT2D eigenvalue weighted by Crippen LogP contribution is -2.44. The van der Waals surface area contributed by atoms with E-state index in [2.05, 4.69) is 22.8 Å². The van der Waals surface area contributed by atoms with Gasteiger partial charge in [-0.1, -0.05) is 19.8 Å². The van der Waals surface area contributed by atoms with E-state index in [1.54, 1.807) is 0 Å². The third-order valence-electron chi connectivity index (χ3n) is 4.00. The van der Waals surface area contributed by atoms with Crippen LogP contribution in [0.3, 0.4) is 0 Å². The van der Waals surface area contributed by atoms with Gasteiger partial charge in [0.25, 0.3) is 0 Å². The van der Waals surface area contributed by atoms with Crippen LogP contribution in [0.5, 0.6) is 5.75 Å². The van der Waals surface area contributed by atoms with Gasteiger partial charge in [0.05, 0.1) is 11.1 Å². The molecule has 2 atom stereocenters. The van der Waals surface area contributed by atoms with E-state index >= 15 is 0 Å². The standard InChI is InChI=1S/C15H20N4O3S/c1-10-4-2-3-5-12(10)17-15(23)18-16-9-11-6-7-14(20)13(8-11)19(21)22/h6-10,12,20H,2-5H2,1H3,(H2,17,18,23)/b16-9-/t10-,12+/m0/s1. The van der Waals surface area contributed by atoms with Crippen LogP contribution in [0.25, 0.3) is 0 Å². The van der Waals surface area contributed by atoms with Crippen LogP contribution < -0.4 is 10.7 Å². The molecule has 8 heteroatoms. The van der Waals surface area contributed by atoms with Gasteiger partial charge in [-0.25, -0.2) is 0 Å². The lowest BCUT2D eigenvalue weighted by atomic mass is 9.86. The molecule has 124 valence electrons. The minimum absolute atomic E-state index is 0.355. The zero-order chi connectivity index (χ0) is 16.8. The highest BCUT2D eigenvalue weighted by molar-refractivity contribution is 7.80. The molecular formula is C15H20N4O3S. The number of nitro groups is 1. The number of nitro benzene ring substituents is 1. The minimum atomic E-state index is -0.642. The van der Waals surface area contributed by atoms with Crippen molar-refractivity contribution in [3.8, 4) is 5.75 Å². The highest BCUT2D eigenvalue weighted by Gasteiger charge is 2.21. The predicted octanol–water partition coefficient (Wildman–Crippen LogP) is 2.68. The predicted molar refractivity (Wildman–Crippen MR) is 92.6 cm³/mol. The third-order valence-corrected chi connectivity index (χ3v) is 4.21. The summed E-state index contributed by atoms with van der Waals surface area (Å²) in [5.74, 6) is 0.204. The van der Waals surface area contributed by atoms with E-state index in [-0.39, 0.29) is 11.4 Å². The number of hydrogen-bond acceptors (Lipinski definition) is 5. The Bertz CT molecular complexity index is 621. The van der Waals surface area contributed by atoms with Crippen LogP contribution in [0, 0.1) is 16.0 Å². The summed E-state index contributed by atoms with van der Waals surface area (Å²) in [4.78, 5) is 10.1. The summed E-state index contributed by atoms with van der Waals surface area (Å²) in [5.41, 5.74) is 2.86. The maximum Gasteiger partial charge on any atom is 0.311 e. The highest BCUT2D eigenvalue weighted by atomic mass is 32.1. The number of thiocarbonyl (C=S) groups is 1. The summed E-state index contributed by atoms with van der Waals surface area (Å²) in [6.45, 7) is 2.21. The Morgan fingerprint density at radius 1 is 1.48 bits per heavy atom. The molecule has 1 aliphatic rings. The molecule has 1 fully saturated rings. The number of phenols is 1. The van der Waals surface area contributed by atoms with Gasteiger partial charge in [-0.15, -0.1) is 0 Å². The quantitative estimate of drug-likeness (QED) is 0.338. The summed E-state index contributed by atoms with van der Waals surface area (Å²) in [5, 5.41) is 27.8. The molecule has 0 heterocycles. The molecule has 0 saturated heterocycles. The summed E-state index contributed by atoms with van der Waals surface area (Å²) < 4.78 is 0. The number of benzene rings is 1. The molecule has 7 nitrogen and oxygen atoms in total. The number of rotatable bonds is 4. The second-order valence-corrected chi connectivity index (χ2v) is 6.13. The van der Waals surface area contributed by atoms with Gasteiger partial charge in [0.1, 0.15) is 0 Å². The maximum atomic E-state index is 10.8. The molecule has 0 amide bonds. The average molecular weight is 336 g/mol. The lowest BCUT2D eigenvalue weighted by molar-refractivity contribution is -0.385. The summed E-state index contributed by atoms with van der Waals surface area (Å²) >= 11 is 5.21. The third kappa shape index (κ3) is 4.88. The van der Waals surface area contributed by atoms with Crippen molar-refractivity contribution in [2.24, 2.45) is 11.0 Å². The molecule has 1 aromatic rings. The Balaban J connectivity index is 1.89. The number of nitrogens with one attached hydrogen (secondary N) is 2. The van der Waals surface area contributed by atoms with Crippen LogP contribution in [0.15, 0.2) is 23.3 Å². The Morgan fingerprint density at radius 3 is 2.91 bits per heavy atom. The molecule has 1 aromatic carbocycles. The fourth-order valence-corrected chi connectivity index (χ4v) is 2.87. The fraction of sp³-hybridized carbons (Fsp3) is 0.467. The highest BCUT2D eigenvalue weighted by Crippen LogP contribution is 2.25. The maximum absolute atomic E-state index is 10.8. The minimum Gasteiger partial charge on any atom is -0.502 e. The first-order chi connectivity index (χ1) is 11.0. The number of phenolic OH excluding ortho intramolecular Hbond substituents is 1. The molecule has 0 spiro atoms. The first-order valence-electron chi connectivity index (χ1n) is 7.54. The van der Waals surface area contributed by atoms with Crippen molar-refractivity contribution < 1.29 is 10.0 Å². The number of aromatic hydroxyl groups is 1. The molecule has 0 radical (unpaired) electrons. The van der Waals surface area contributed by atoms with Crippen LogP contribution in [0.1, 0.15) is 38.2 Å². The van der Waals surface area contributed by atoms with Gasteiger partial charge in [0, 0.05) is 17.7 Å². The van der Waals surface area contributed by atoms with E-state index < -0.39 is 4.92 Å². The van der Waals surface area contributed by atoms with Crippen LogP contribution in [0.4, 0.5) is 5.69 Å². The van der Waals surface area contributed by atoms with Crippen LogP contribution in [0.2, 0.25) is 0 Å². The van der Waals surface area contributed by atoms with Crippen LogP contribution >= 0.6 is 12.2 Å². The smallest absolute Gasteiger partial charge is 0.311 e. The second kappa shape index (κ2) is 7.87. The molecule has 0 aromatic heterocycles. The number of hydrazone groups is 1. The van der Waals surface area contributed by atoms with Crippen molar-refractivity contribution in [3.63, 3.8) is 0 Å². The van der Waals surface area contributed by atoms with Gasteiger partial charge in [-0.2, -0.15) is 5.10 Å². The Morgan fingerprint density at radius 2 is 2.22 bits per heavy atom. The van der Waals surface area contributed by atoms with E-state index in [1.165, 1.54) is 43.7 Å². The molecule has 0 bridgehead atoms. The van der Waals surface area contributed by atoms with E-state index in [0.717, 1.165) is 6.42 Å². The van der Waals surface area contributed by atoms with E-state index in [1.807, 2.05) is 0 Å². The summed E-state index contributed by atoms with van der Waals surface area (Å²) in [7, 11) is 0. The Labute approximate surface area is 139 Å². The zero-order valence-electron chi connectivity index (χ0n) is 12.9.